The molecule has 0 bridgehead atoms. The first-order valence-corrected chi connectivity index (χ1v) is 5.71. The average Bonchev–Trinajstić information content (AvgIpc) is 2.41. The van der Waals surface area contributed by atoms with E-state index in [4.69, 9.17) is 4.74 Å². The fraction of sp³-hybridized carbons (Fsp3) is 0.133. The van der Waals surface area contributed by atoms with Crippen LogP contribution in [-0.4, -0.2) is 18.2 Å². The van der Waals surface area contributed by atoms with Crippen molar-refractivity contribution in [3.05, 3.63) is 53.3 Å². The van der Waals surface area contributed by atoms with Gasteiger partial charge in [-0.25, -0.2) is 9.18 Å². The molecule has 2 aromatic rings. The van der Waals surface area contributed by atoms with Crippen molar-refractivity contribution in [2.45, 2.75) is 6.92 Å². The number of aryl methyl sites for hydroxylation is 1. The van der Waals surface area contributed by atoms with Gasteiger partial charge < -0.3 is 9.84 Å². The maximum absolute atomic E-state index is 13.3. The van der Waals surface area contributed by atoms with Crippen molar-refractivity contribution in [3.8, 4) is 16.9 Å². The van der Waals surface area contributed by atoms with Crippen LogP contribution in [0.3, 0.4) is 0 Å². The van der Waals surface area contributed by atoms with Crippen LogP contribution in [-0.2, 0) is 0 Å². The summed E-state index contributed by atoms with van der Waals surface area (Å²) in [5.74, 6) is -0.884. The minimum atomic E-state index is -1.05. The highest BCUT2D eigenvalue weighted by Crippen LogP contribution is 2.28. The normalized spacial score (nSPS) is 10.3. The molecule has 0 amide bonds. The largest absolute Gasteiger partial charge is 0.497 e. The van der Waals surface area contributed by atoms with Gasteiger partial charge in [0.15, 0.2) is 0 Å². The van der Waals surface area contributed by atoms with Gasteiger partial charge in [0.2, 0.25) is 0 Å². The molecule has 0 saturated heterocycles. The van der Waals surface area contributed by atoms with Crippen LogP contribution < -0.4 is 4.74 Å². The zero-order valence-corrected chi connectivity index (χ0v) is 10.6. The smallest absolute Gasteiger partial charge is 0.336 e. The molecule has 4 heteroatoms. The molecule has 0 radical (unpaired) electrons. The van der Waals surface area contributed by atoms with Gasteiger partial charge in [-0.15, -0.1) is 0 Å². The molecule has 0 heterocycles. The number of ether oxygens (including phenoxy) is 1. The highest BCUT2D eigenvalue weighted by molar-refractivity contribution is 5.96. The summed E-state index contributed by atoms with van der Waals surface area (Å²) in [5, 5.41) is 9.24. The highest BCUT2D eigenvalue weighted by Gasteiger charge is 2.13. The SMILES string of the molecule is COc1ccc(-c2ccc(F)c(C)c2)c(C(=O)O)c1. The van der Waals surface area contributed by atoms with E-state index in [1.54, 1.807) is 31.2 Å². The van der Waals surface area contributed by atoms with Gasteiger partial charge in [-0.2, -0.15) is 0 Å². The Bertz CT molecular complexity index is 635. The maximum atomic E-state index is 13.3. The van der Waals surface area contributed by atoms with Gasteiger partial charge in [-0.1, -0.05) is 6.07 Å². The highest BCUT2D eigenvalue weighted by atomic mass is 19.1. The van der Waals surface area contributed by atoms with Gasteiger partial charge in [0, 0.05) is 0 Å². The summed E-state index contributed by atoms with van der Waals surface area (Å²) in [6, 6.07) is 9.33. The van der Waals surface area contributed by atoms with Crippen LogP contribution in [0, 0.1) is 12.7 Å². The third-order valence-electron chi connectivity index (χ3n) is 2.93. The van der Waals surface area contributed by atoms with Crippen molar-refractivity contribution in [2.24, 2.45) is 0 Å². The zero-order chi connectivity index (χ0) is 14.0. The second-order valence-electron chi connectivity index (χ2n) is 4.18. The predicted molar refractivity (Wildman–Crippen MR) is 70.1 cm³/mol. The standard InChI is InChI=1S/C15H13FO3/c1-9-7-10(3-6-14(9)16)12-5-4-11(19-2)8-13(12)15(17)18/h3-8H,1-2H3,(H,17,18). The Labute approximate surface area is 110 Å². The lowest BCUT2D eigenvalue weighted by molar-refractivity contribution is 0.0697. The summed E-state index contributed by atoms with van der Waals surface area (Å²) in [4.78, 5) is 11.3. The van der Waals surface area contributed by atoms with Crippen LogP contribution in [0.15, 0.2) is 36.4 Å². The molecule has 2 aromatic carbocycles. The van der Waals surface area contributed by atoms with E-state index in [1.165, 1.54) is 19.2 Å². The Morgan fingerprint density at radius 2 is 1.95 bits per heavy atom. The Hall–Kier alpha value is -2.36. The molecule has 1 N–H and O–H groups in total. The predicted octanol–water partition coefficient (Wildman–Crippen LogP) is 3.51. The molecule has 0 fully saturated rings. The van der Waals surface area contributed by atoms with E-state index in [1.807, 2.05) is 0 Å². The molecule has 19 heavy (non-hydrogen) atoms. The van der Waals surface area contributed by atoms with E-state index in [0.717, 1.165) is 0 Å². The third-order valence-corrected chi connectivity index (χ3v) is 2.93. The lowest BCUT2D eigenvalue weighted by atomic mass is 9.98. The van der Waals surface area contributed by atoms with Crippen LogP contribution in [0.5, 0.6) is 5.75 Å². The van der Waals surface area contributed by atoms with Crippen LogP contribution in [0.4, 0.5) is 4.39 Å². The monoisotopic (exact) mass is 260 g/mol. The zero-order valence-electron chi connectivity index (χ0n) is 10.6. The van der Waals surface area contributed by atoms with Crippen molar-refractivity contribution >= 4 is 5.97 Å². The third kappa shape index (κ3) is 2.57. The molecule has 0 aliphatic rings. The Kier molecular flexibility index (Phi) is 3.51. The molecule has 0 aliphatic heterocycles. The number of aromatic carboxylic acids is 1. The van der Waals surface area contributed by atoms with Crippen LogP contribution >= 0.6 is 0 Å². The lowest BCUT2D eigenvalue weighted by Crippen LogP contribution is -2.00. The van der Waals surface area contributed by atoms with E-state index >= 15 is 0 Å². The van der Waals surface area contributed by atoms with Gasteiger partial charge in [0.1, 0.15) is 11.6 Å². The number of carboxylic acids is 1. The van der Waals surface area contributed by atoms with E-state index < -0.39 is 5.97 Å². The van der Waals surface area contributed by atoms with Gasteiger partial charge >= 0.3 is 5.97 Å². The number of rotatable bonds is 3. The van der Waals surface area contributed by atoms with Crippen LogP contribution in [0.1, 0.15) is 15.9 Å². The molecular weight excluding hydrogens is 247 g/mol. The number of hydrogen-bond acceptors (Lipinski definition) is 2. The molecule has 0 saturated carbocycles. The summed E-state index contributed by atoms with van der Waals surface area (Å²) in [6.45, 7) is 1.64. The molecule has 98 valence electrons. The summed E-state index contributed by atoms with van der Waals surface area (Å²) < 4.78 is 18.3. The molecule has 2 rings (SSSR count). The number of benzene rings is 2. The van der Waals surface area contributed by atoms with Crippen LogP contribution in [0.2, 0.25) is 0 Å². The summed E-state index contributed by atoms with van der Waals surface area (Å²) in [6.07, 6.45) is 0. The van der Waals surface area contributed by atoms with E-state index in [-0.39, 0.29) is 11.4 Å². The van der Waals surface area contributed by atoms with Crippen molar-refractivity contribution in [1.29, 1.82) is 0 Å². The number of carbonyl (C=O) groups is 1. The minimum absolute atomic E-state index is 0.130. The first-order chi connectivity index (χ1) is 9.02. The Balaban J connectivity index is 2.60. The van der Waals surface area contributed by atoms with Crippen LogP contribution in [0.25, 0.3) is 11.1 Å². The van der Waals surface area contributed by atoms with Gasteiger partial charge in [-0.05, 0) is 53.9 Å². The molecule has 0 spiro atoms. The van der Waals surface area contributed by atoms with Crippen molar-refractivity contribution < 1.29 is 19.0 Å². The first-order valence-electron chi connectivity index (χ1n) is 5.71. The number of carboxylic acid groups (broad SMARTS) is 1. The molecule has 3 nitrogen and oxygen atoms in total. The Morgan fingerprint density at radius 1 is 1.21 bits per heavy atom. The van der Waals surface area contributed by atoms with E-state index in [2.05, 4.69) is 0 Å². The minimum Gasteiger partial charge on any atom is -0.497 e. The molecular formula is C15H13FO3. The molecule has 0 atom stereocenters. The summed E-state index contributed by atoms with van der Waals surface area (Å²) in [7, 11) is 1.47. The van der Waals surface area contributed by atoms with Crippen molar-refractivity contribution in [3.63, 3.8) is 0 Å². The lowest BCUT2D eigenvalue weighted by Gasteiger charge is -2.09. The maximum Gasteiger partial charge on any atom is 0.336 e. The fourth-order valence-electron chi connectivity index (χ4n) is 1.89. The quantitative estimate of drug-likeness (QED) is 0.918. The second-order valence-corrected chi connectivity index (χ2v) is 4.18. The van der Waals surface area contributed by atoms with Gasteiger partial charge in [-0.3, -0.25) is 0 Å². The number of hydrogen-bond donors (Lipinski definition) is 1. The summed E-state index contributed by atoms with van der Waals surface area (Å²) in [5.41, 5.74) is 1.81. The number of methoxy groups -OCH3 is 1. The van der Waals surface area contributed by atoms with E-state index in [0.29, 0.717) is 22.4 Å². The first kappa shape index (κ1) is 13.1. The molecule has 0 aliphatic carbocycles. The second kappa shape index (κ2) is 5.10. The van der Waals surface area contributed by atoms with Crippen molar-refractivity contribution in [1.82, 2.24) is 0 Å². The van der Waals surface area contributed by atoms with Crippen molar-refractivity contribution in [2.75, 3.05) is 7.11 Å². The number of halogens is 1. The Morgan fingerprint density at radius 3 is 2.53 bits per heavy atom. The average molecular weight is 260 g/mol. The molecule has 0 unspecified atom stereocenters. The molecule has 0 aromatic heterocycles. The summed E-state index contributed by atoms with van der Waals surface area (Å²) >= 11 is 0. The fourth-order valence-corrected chi connectivity index (χ4v) is 1.89. The van der Waals surface area contributed by atoms with Gasteiger partial charge in [0.05, 0.1) is 12.7 Å². The van der Waals surface area contributed by atoms with Gasteiger partial charge in [0.25, 0.3) is 0 Å². The van der Waals surface area contributed by atoms with E-state index in [9.17, 15) is 14.3 Å². The topological polar surface area (TPSA) is 46.5 Å².